The van der Waals surface area contributed by atoms with Crippen LogP contribution in [-0.4, -0.2) is 36.2 Å². The molecular weight excluding hydrogens is 425 g/mol. The monoisotopic (exact) mass is 446 g/mol. The van der Waals surface area contributed by atoms with E-state index >= 15 is 0 Å². The molecule has 0 spiro atoms. The van der Waals surface area contributed by atoms with Crippen molar-refractivity contribution in [3.63, 3.8) is 0 Å². The van der Waals surface area contributed by atoms with Gasteiger partial charge < -0.3 is 10.4 Å². The summed E-state index contributed by atoms with van der Waals surface area (Å²) >= 11 is 3.07. The Morgan fingerprint density at radius 2 is 1.71 bits per heavy atom. The average molecular weight is 448 g/mol. The molecule has 1 heterocycles. The number of benzene rings is 1. The van der Waals surface area contributed by atoms with Crippen molar-refractivity contribution in [1.82, 2.24) is 10.2 Å². The Balaban J connectivity index is 0.00000144. The van der Waals surface area contributed by atoms with Gasteiger partial charge in [-0.25, -0.2) is 4.39 Å². The zero-order valence-electron chi connectivity index (χ0n) is 13.2. The number of nitrogens with one attached hydrogen (secondary N) is 1. The first kappa shape index (κ1) is 21.9. The topological polar surface area (TPSA) is 35.5 Å². The highest BCUT2D eigenvalue weighted by molar-refractivity contribution is 9.10. The van der Waals surface area contributed by atoms with E-state index in [0.29, 0.717) is 11.5 Å². The minimum Gasteiger partial charge on any atom is -0.505 e. The maximum Gasteiger partial charge on any atom is 0.201 e. The summed E-state index contributed by atoms with van der Waals surface area (Å²) in [4.78, 5) is 2.30. The second kappa shape index (κ2) is 9.53. The molecule has 1 aliphatic carbocycles. The number of aromatic hydroxyl groups is 1. The largest absolute Gasteiger partial charge is 0.505 e. The predicted octanol–water partition coefficient (Wildman–Crippen LogP) is 4.41. The molecule has 0 amide bonds. The molecule has 1 aromatic rings. The van der Waals surface area contributed by atoms with Crippen molar-refractivity contribution in [1.29, 1.82) is 0 Å². The quantitative estimate of drug-likeness (QED) is 0.673. The number of halogens is 5. The van der Waals surface area contributed by atoms with E-state index in [4.69, 9.17) is 0 Å². The third kappa shape index (κ3) is 4.33. The molecule has 0 unspecified atom stereocenters. The van der Waals surface area contributed by atoms with Crippen LogP contribution in [0.25, 0.3) is 0 Å². The fourth-order valence-corrected chi connectivity index (χ4v) is 4.23. The highest BCUT2D eigenvalue weighted by atomic mass is 79.9. The molecule has 1 atom stereocenters. The summed E-state index contributed by atoms with van der Waals surface area (Å²) in [5, 5.41) is 13.5. The molecule has 8 heteroatoms. The molecule has 1 saturated heterocycles. The Bertz CT molecular complexity index is 553. The number of nitrogens with zero attached hydrogens (tertiary/aromatic N) is 1. The van der Waals surface area contributed by atoms with Crippen molar-refractivity contribution in [2.75, 3.05) is 26.2 Å². The lowest BCUT2D eigenvalue weighted by atomic mass is 9.89. The van der Waals surface area contributed by atoms with Crippen LogP contribution in [0.4, 0.5) is 8.78 Å². The van der Waals surface area contributed by atoms with E-state index in [9.17, 15) is 13.9 Å². The van der Waals surface area contributed by atoms with Crippen molar-refractivity contribution in [2.24, 2.45) is 5.92 Å². The summed E-state index contributed by atoms with van der Waals surface area (Å²) < 4.78 is 27.7. The third-order valence-corrected chi connectivity index (χ3v) is 5.45. The van der Waals surface area contributed by atoms with Gasteiger partial charge in [0.05, 0.1) is 4.47 Å². The van der Waals surface area contributed by atoms with Crippen LogP contribution in [-0.2, 0) is 0 Å². The lowest BCUT2D eigenvalue weighted by Gasteiger charge is -2.39. The van der Waals surface area contributed by atoms with Crippen molar-refractivity contribution in [3.05, 3.63) is 27.7 Å². The van der Waals surface area contributed by atoms with Gasteiger partial charge in [-0.3, -0.25) is 4.90 Å². The maximum absolute atomic E-state index is 14.0. The number of hydrogen-bond acceptors (Lipinski definition) is 3. The molecule has 2 fully saturated rings. The molecule has 2 aliphatic rings. The molecule has 2 N–H and O–H groups in total. The standard InChI is InChI=1S/C16H21BrF2N2O.2ClH/c17-12-9-11(16(22)14(19)13(12)18)15(10-3-1-2-4-10)21-7-5-20-6-8-21;;/h9-10,15,20,22H,1-8H2;2*1H/t15-;;/m1../s1. The van der Waals surface area contributed by atoms with Crippen molar-refractivity contribution >= 4 is 40.7 Å². The normalized spacial score (nSPS) is 20.3. The molecule has 0 bridgehead atoms. The van der Waals surface area contributed by atoms with Gasteiger partial charge >= 0.3 is 0 Å². The first-order valence-electron chi connectivity index (χ1n) is 7.90. The third-order valence-electron chi connectivity index (χ3n) is 4.88. The van der Waals surface area contributed by atoms with Gasteiger partial charge in [0.15, 0.2) is 11.6 Å². The second-order valence-electron chi connectivity index (χ2n) is 6.20. The van der Waals surface area contributed by atoms with Crippen molar-refractivity contribution in [3.8, 4) is 5.75 Å². The van der Waals surface area contributed by atoms with E-state index in [1.165, 1.54) is 12.8 Å². The van der Waals surface area contributed by atoms with Gasteiger partial charge in [-0.05, 0) is 40.8 Å². The van der Waals surface area contributed by atoms with Crippen LogP contribution in [0, 0.1) is 17.6 Å². The van der Waals surface area contributed by atoms with E-state index in [1.54, 1.807) is 6.07 Å². The minimum atomic E-state index is -1.15. The van der Waals surface area contributed by atoms with E-state index in [0.717, 1.165) is 39.0 Å². The fraction of sp³-hybridized carbons (Fsp3) is 0.625. The summed E-state index contributed by atoms with van der Waals surface area (Å²) in [5.74, 6) is -2.31. The number of phenols is 1. The zero-order chi connectivity index (χ0) is 15.7. The van der Waals surface area contributed by atoms with Crippen LogP contribution < -0.4 is 5.32 Å². The molecule has 3 rings (SSSR count). The van der Waals surface area contributed by atoms with E-state index in [-0.39, 0.29) is 35.3 Å². The van der Waals surface area contributed by atoms with Gasteiger partial charge in [0.2, 0.25) is 5.82 Å². The maximum atomic E-state index is 14.0. The van der Waals surface area contributed by atoms with Crippen LogP contribution in [0.1, 0.15) is 37.3 Å². The van der Waals surface area contributed by atoms with Crippen LogP contribution in [0.5, 0.6) is 5.75 Å². The number of phenolic OH excluding ortho intramolecular Hbond substituents is 1. The van der Waals surface area contributed by atoms with Crippen molar-refractivity contribution < 1.29 is 13.9 Å². The second-order valence-corrected chi connectivity index (χ2v) is 7.05. The first-order valence-corrected chi connectivity index (χ1v) is 8.70. The van der Waals surface area contributed by atoms with Crippen LogP contribution in [0.15, 0.2) is 10.5 Å². The Kier molecular flexibility index (Phi) is 8.70. The lowest BCUT2D eigenvalue weighted by molar-refractivity contribution is 0.122. The average Bonchev–Trinajstić information content (AvgIpc) is 3.05. The molecule has 0 radical (unpaired) electrons. The summed E-state index contributed by atoms with van der Waals surface area (Å²) in [6.07, 6.45) is 4.48. The number of piperazine rings is 1. The summed E-state index contributed by atoms with van der Waals surface area (Å²) in [7, 11) is 0. The summed E-state index contributed by atoms with van der Waals surface area (Å²) in [6.45, 7) is 3.48. The Morgan fingerprint density at radius 1 is 1.12 bits per heavy atom. The summed E-state index contributed by atoms with van der Waals surface area (Å²) in [5.41, 5.74) is 0.513. The minimum absolute atomic E-state index is 0. The van der Waals surface area contributed by atoms with E-state index < -0.39 is 17.4 Å². The van der Waals surface area contributed by atoms with Crippen LogP contribution in [0.2, 0.25) is 0 Å². The van der Waals surface area contributed by atoms with Gasteiger partial charge in [0.25, 0.3) is 0 Å². The zero-order valence-corrected chi connectivity index (χ0v) is 16.5. The Morgan fingerprint density at radius 3 is 2.29 bits per heavy atom. The molecule has 1 saturated carbocycles. The van der Waals surface area contributed by atoms with Crippen LogP contribution >= 0.6 is 40.7 Å². The first-order chi connectivity index (χ1) is 10.6. The molecule has 1 aliphatic heterocycles. The van der Waals surface area contributed by atoms with Crippen LogP contribution in [0.3, 0.4) is 0 Å². The smallest absolute Gasteiger partial charge is 0.201 e. The predicted molar refractivity (Wildman–Crippen MR) is 99.4 cm³/mol. The van der Waals surface area contributed by atoms with Gasteiger partial charge in [-0.1, -0.05) is 12.8 Å². The van der Waals surface area contributed by atoms with Gasteiger partial charge in [-0.2, -0.15) is 4.39 Å². The highest BCUT2D eigenvalue weighted by Crippen LogP contribution is 2.44. The molecule has 138 valence electrons. The molecule has 24 heavy (non-hydrogen) atoms. The Labute approximate surface area is 162 Å². The van der Waals surface area contributed by atoms with Crippen molar-refractivity contribution in [2.45, 2.75) is 31.7 Å². The molecule has 3 nitrogen and oxygen atoms in total. The number of hydrogen-bond donors (Lipinski definition) is 2. The Hall–Kier alpha value is -0.140. The van der Waals surface area contributed by atoms with Gasteiger partial charge in [0, 0.05) is 37.8 Å². The van der Waals surface area contributed by atoms with Gasteiger partial charge in [-0.15, -0.1) is 24.8 Å². The highest BCUT2D eigenvalue weighted by Gasteiger charge is 2.35. The van der Waals surface area contributed by atoms with E-state index in [2.05, 4.69) is 26.1 Å². The SMILES string of the molecule is Cl.Cl.Oc1c([C@@H](C2CCCC2)N2CCNCC2)cc(Br)c(F)c1F. The molecule has 0 aromatic heterocycles. The lowest BCUT2D eigenvalue weighted by Crippen LogP contribution is -2.46. The molecule has 1 aromatic carbocycles. The number of rotatable bonds is 3. The summed E-state index contributed by atoms with van der Waals surface area (Å²) in [6, 6.07) is 1.51. The fourth-order valence-electron chi connectivity index (χ4n) is 3.81. The van der Waals surface area contributed by atoms with E-state index in [1.807, 2.05) is 0 Å². The molecular formula is C16H23BrCl2F2N2O. The van der Waals surface area contributed by atoms with Gasteiger partial charge in [0.1, 0.15) is 0 Å².